The zero-order chi connectivity index (χ0) is 18.5. The maximum atomic E-state index is 12.6. The Labute approximate surface area is 156 Å². The van der Waals surface area contributed by atoms with Gasteiger partial charge in [0, 0.05) is 45.6 Å². The normalized spacial score (nSPS) is 40.8. The first-order valence-corrected chi connectivity index (χ1v) is 10.2. The number of esters is 1. The van der Waals surface area contributed by atoms with E-state index in [1.165, 1.54) is 18.4 Å². The highest BCUT2D eigenvalue weighted by molar-refractivity contribution is 5.76. The first-order valence-electron chi connectivity index (χ1n) is 10.2. The number of carbonyl (C=O) groups is 2. The maximum Gasteiger partial charge on any atom is 0.310 e. The van der Waals surface area contributed by atoms with E-state index in [4.69, 9.17) is 4.74 Å². The van der Waals surface area contributed by atoms with E-state index in [9.17, 15) is 9.59 Å². The average Bonchev–Trinajstić information content (AvgIpc) is 2.88. The molecule has 144 valence electrons. The Balaban J connectivity index is 1.43. The van der Waals surface area contributed by atoms with E-state index in [1.807, 2.05) is 4.90 Å². The van der Waals surface area contributed by atoms with Gasteiger partial charge in [-0.1, -0.05) is 19.1 Å². The summed E-state index contributed by atoms with van der Waals surface area (Å²) in [5.41, 5.74) is 1.66. The molecule has 5 heteroatoms. The van der Waals surface area contributed by atoms with E-state index in [0.29, 0.717) is 11.8 Å². The lowest BCUT2D eigenvalue weighted by Crippen LogP contribution is -2.51. The molecule has 0 unspecified atom stereocenters. The predicted molar refractivity (Wildman–Crippen MR) is 99.4 cm³/mol. The summed E-state index contributed by atoms with van der Waals surface area (Å²) in [6.07, 6.45) is 5.75. The van der Waals surface area contributed by atoms with Crippen molar-refractivity contribution in [2.24, 2.45) is 23.2 Å². The molecule has 1 amide bonds. The molecular formula is C21H32N2O3. The SMILES string of the molecule is C=C1CCC[C@]2(C)C[C@H]3OC(=O)[C@@H](CN4CCN(C(C)=O)CC4)[C@H]3C[C@H]12. The van der Waals surface area contributed by atoms with Gasteiger partial charge in [-0.05, 0) is 43.4 Å². The van der Waals surface area contributed by atoms with Crippen molar-refractivity contribution in [1.29, 1.82) is 0 Å². The van der Waals surface area contributed by atoms with Crippen molar-refractivity contribution in [3.8, 4) is 0 Å². The van der Waals surface area contributed by atoms with Gasteiger partial charge in [-0.25, -0.2) is 0 Å². The van der Waals surface area contributed by atoms with E-state index in [1.54, 1.807) is 6.92 Å². The van der Waals surface area contributed by atoms with Crippen LogP contribution in [0.2, 0.25) is 0 Å². The zero-order valence-electron chi connectivity index (χ0n) is 16.2. The molecule has 0 aromatic carbocycles. The monoisotopic (exact) mass is 360 g/mol. The van der Waals surface area contributed by atoms with Gasteiger partial charge in [0.15, 0.2) is 0 Å². The zero-order valence-corrected chi connectivity index (χ0v) is 16.2. The molecule has 5 nitrogen and oxygen atoms in total. The summed E-state index contributed by atoms with van der Waals surface area (Å²) in [6.45, 7) is 12.4. The van der Waals surface area contributed by atoms with Crippen LogP contribution in [0, 0.1) is 23.2 Å². The second kappa shape index (κ2) is 6.66. The van der Waals surface area contributed by atoms with Crippen LogP contribution in [0.5, 0.6) is 0 Å². The van der Waals surface area contributed by atoms with Crippen molar-refractivity contribution in [3.05, 3.63) is 12.2 Å². The van der Waals surface area contributed by atoms with Crippen LogP contribution < -0.4 is 0 Å². The van der Waals surface area contributed by atoms with E-state index in [-0.39, 0.29) is 29.3 Å². The average molecular weight is 360 g/mol. The second-order valence-corrected chi connectivity index (χ2v) is 9.21. The molecule has 0 spiro atoms. The highest BCUT2D eigenvalue weighted by atomic mass is 16.6. The number of nitrogens with zero attached hydrogens (tertiary/aromatic N) is 2. The van der Waals surface area contributed by atoms with Crippen LogP contribution in [0.4, 0.5) is 0 Å². The standard InChI is InChI=1S/C21H32N2O3/c1-14-5-4-6-21(3)12-19-16(11-18(14)21)17(20(25)26-19)13-22-7-9-23(10-8-22)15(2)24/h16-19H,1,4-13H2,2-3H3/t16-,17+,18-,19-,21-/m1/s1. The molecule has 2 heterocycles. The first-order chi connectivity index (χ1) is 12.4. The third-order valence-electron chi connectivity index (χ3n) is 7.59. The van der Waals surface area contributed by atoms with Crippen LogP contribution in [0.15, 0.2) is 12.2 Å². The fraction of sp³-hybridized carbons (Fsp3) is 0.810. The molecule has 26 heavy (non-hydrogen) atoms. The molecule has 5 atom stereocenters. The van der Waals surface area contributed by atoms with Crippen molar-refractivity contribution in [2.45, 2.75) is 52.1 Å². The van der Waals surface area contributed by atoms with Crippen LogP contribution in [-0.2, 0) is 14.3 Å². The van der Waals surface area contributed by atoms with Crippen molar-refractivity contribution >= 4 is 11.9 Å². The predicted octanol–water partition coefficient (Wildman–Crippen LogP) is 2.46. The van der Waals surface area contributed by atoms with E-state index < -0.39 is 0 Å². The molecule has 2 saturated carbocycles. The smallest absolute Gasteiger partial charge is 0.310 e. The van der Waals surface area contributed by atoms with Gasteiger partial charge in [0.2, 0.25) is 5.91 Å². The van der Waals surface area contributed by atoms with E-state index >= 15 is 0 Å². The van der Waals surface area contributed by atoms with Crippen LogP contribution in [0.3, 0.4) is 0 Å². The van der Waals surface area contributed by atoms with Gasteiger partial charge >= 0.3 is 5.97 Å². The largest absolute Gasteiger partial charge is 0.462 e. The number of allylic oxidation sites excluding steroid dienone is 1. The molecule has 0 N–H and O–H groups in total. The lowest BCUT2D eigenvalue weighted by Gasteiger charge is -2.50. The third-order valence-corrected chi connectivity index (χ3v) is 7.59. The summed E-state index contributed by atoms with van der Waals surface area (Å²) >= 11 is 0. The van der Waals surface area contributed by atoms with Crippen molar-refractivity contribution in [3.63, 3.8) is 0 Å². The number of hydrogen-bond acceptors (Lipinski definition) is 4. The minimum atomic E-state index is -0.0110. The molecule has 2 saturated heterocycles. The molecule has 4 aliphatic rings. The second-order valence-electron chi connectivity index (χ2n) is 9.21. The van der Waals surface area contributed by atoms with Gasteiger partial charge in [0.25, 0.3) is 0 Å². The molecule has 2 aliphatic carbocycles. The first kappa shape index (κ1) is 18.0. The van der Waals surface area contributed by atoms with Crippen LogP contribution in [0.1, 0.15) is 46.0 Å². The number of fused-ring (bicyclic) bond motifs is 2. The third kappa shape index (κ3) is 3.08. The lowest BCUT2D eigenvalue weighted by atomic mass is 9.55. The Morgan fingerprint density at radius 2 is 2.04 bits per heavy atom. The number of piperazine rings is 1. The molecule has 0 radical (unpaired) electrons. The molecule has 4 fully saturated rings. The minimum Gasteiger partial charge on any atom is -0.462 e. The summed E-state index contributed by atoms with van der Waals surface area (Å²) in [7, 11) is 0. The summed E-state index contributed by atoms with van der Waals surface area (Å²) < 4.78 is 5.87. The Kier molecular flexibility index (Phi) is 4.62. The quantitative estimate of drug-likeness (QED) is 0.561. The number of ether oxygens (including phenoxy) is 1. The van der Waals surface area contributed by atoms with Gasteiger partial charge in [-0.3, -0.25) is 14.5 Å². The van der Waals surface area contributed by atoms with Crippen molar-refractivity contribution < 1.29 is 14.3 Å². The van der Waals surface area contributed by atoms with Gasteiger partial charge in [0.1, 0.15) is 6.10 Å². The van der Waals surface area contributed by atoms with Crippen molar-refractivity contribution in [1.82, 2.24) is 9.80 Å². The summed E-state index contributed by atoms with van der Waals surface area (Å²) in [5.74, 6) is 1.02. The molecule has 0 bridgehead atoms. The van der Waals surface area contributed by atoms with E-state index in [0.717, 1.165) is 52.0 Å². The number of amides is 1. The molecule has 2 aliphatic heterocycles. The number of rotatable bonds is 2. The maximum absolute atomic E-state index is 12.6. The Bertz CT molecular complexity index is 610. The minimum absolute atomic E-state index is 0.00172. The number of hydrogen-bond donors (Lipinski definition) is 0. The fourth-order valence-corrected chi connectivity index (χ4v) is 5.99. The highest BCUT2D eigenvalue weighted by Gasteiger charge is 2.55. The lowest BCUT2D eigenvalue weighted by molar-refractivity contribution is -0.146. The van der Waals surface area contributed by atoms with Crippen molar-refractivity contribution in [2.75, 3.05) is 32.7 Å². The summed E-state index contributed by atoms with van der Waals surface area (Å²) in [4.78, 5) is 28.4. The Morgan fingerprint density at radius 1 is 1.31 bits per heavy atom. The molecular weight excluding hydrogens is 328 g/mol. The van der Waals surface area contributed by atoms with Crippen LogP contribution in [0.25, 0.3) is 0 Å². The van der Waals surface area contributed by atoms with Crippen LogP contribution in [-0.4, -0.2) is 60.5 Å². The topological polar surface area (TPSA) is 49.9 Å². The fourth-order valence-electron chi connectivity index (χ4n) is 5.99. The van der Waals surface area contributed by atoms with E-state index in [2.05, 4.69) is 18.4 Å². The van der Waals surface area contributed by atoms with Gasteiger partial charge in [-0.15, -0.1) is 0 Å². The van der Waals surface area contributed by atoms with Gasteiger partial charge in [0.05, 0.1) is 5.92 Å². The molecule has 4 rings (SSSR count). The Morgan fingerprint density at radius 3 is 2.73 bits per heavy atom. The molecule has 0 aromatic rings. The Hall–Kier alpha value is -1.36. The number of carbonyl (C=O) groups excluding carboxylic acids is 2. The molecule has 0 aromatic heterocycles. The highest BCUT2D eigenvalue weighted by Crippen LogP contribution is 2.56. The van der Waals surface area contributed by atoms with Crippen LogP contribution >= 0.6 is 0 Å². The van der Waals surface area contributed by atoms with Gasteiger partial charge < -0.3 is 9.64 Å². The summed E-state index contributed by atoms with van der Waals surface area (Å²) in [5, 5.41) is 0. The van der Waals surface area contributed by atoms with Gasteiger partial charge in [-0.2, -0.15) is 0 Å². The summed E-state index contributed by atoms with van der Waals surface area (Å²) in [6, 6.07) is 0.